The summed E-state index contributed by atoms with van der Waals surface area (Å²) in [5.74, 6) is -5.80. The first-order chi connectivity index (χ1) is 6.07. The van der Waals surface area contributed by atoms with Crippen LogP contribution in [-0.2, 0) is 6.42 Å². The molecule has 0 bridgehead atoms. The van der Waals surface area contributed by atoms with Gasteiger partial charge < -0.3 is 5.73 Å². The molecule has 0 fully saturated rings. The van der Waals surface area contributed by atoms with E-state index in [9.17, 15) is 17.6 Å². The molecule has 0 heterocycles. The van der Waals surface area contributed by atoms with Crippen LogP contribution in [0.2, 0.25) is 0 Å². The van der Waals surface area contributed by atoms with Crippen molar-refractivity contribution >= 4 is 0 Å². The number of halogens is 4. The Hall–Kier alpha value is -1.10. The third-order valence-corrected chi connectivity index (χ3v) is 1.60. The summed E-state index contributed by atoms with van der Waals surface area (Å²) in [5, 5.41) is 0. The Labute approximate surface area is 72.2 Å². The van der Waals surface area contributed by atoms with Crippen LogP contribution in [0, 0.1) is 23.3 Å². The largest absolute Gasteiger partial charge is 0.330 e. The summed E-state index contributed by atoms with van der Waals surface area (Å²) in [5.41, 5.74) is 4.52. The normalized spacial score (nSPS) is 10.5. The quantitative estimate of drug-likeness (QED) is 0.432. The van der Waals surface area contributed by atoms with Crippen molar-refractivity contribution in [3.05, 3.63) is 34.9 Å². The van der Waals surface area contributed by atoms with Gasteiger partial charge >= 0.3 is 0 Å². The minimum Gasteiger partial charge on any atom is -0.330 e. The average Bonchev–Trinajstić information content (AvgIpc) is 2.09. The molecule has 0 saturated heterocycles. The standard InChI is InChI=1S/C8H7F4N/c9-5-3-6(10)8(12)7(11)4(5)1-2-13/h3H,1-2,13H2. The molecule has 0 aliphatic carbocycles. The van der Waals surface area contributed by atoms with Crippen molar-refractivity contribution < 1.29 is 17.6 Å². The highest BCUT2D eigenvalue weighted by molar-refractivity contribution is 5.22. The van der Waals surface area contributed by atoms with Gasteiger partial charge in [-0.3, -0.25) is 0 Å². The monoisotopic (exact) mass is 193 g/mol. The SMILES string of the molecule is NCCc1c(F)cc(F)c(F)c1F. The maximum Gasteiger partial charge on any atom is 0.194 e. The molecule has 0 spiro atoms. The second-order valence-electron chi connectivity index (χ2n) is 2.49. The Morgan fingerprint density at radius 3 is 2.15 bits per heavy atom. The number of nitrogens with two attached hydrogens (primary N) is 1. The first-order valence-corrected chi connectivity index (χ1v) is 3.60. The Balaban J connectivity index is 3.26. The third kappa shape index (κ3) is 1.80. The summed E-state index contributed by atoms with van der Waals surface area (Å²) in [6.07, 6.45) is -0.158. The van der Waals surface area contributed by atoms with E-state index in [1.165, 1.54) is 0 Å². The van der Waals surface area contributed by atoms with E-state index in [4.69, 9.17) is 5.73 Å². The molecule has 0 atom stereocenters. The highest BCUT2D eigenvalue weighted by Gasteiger charge is 2.17. The molecule has 0 amide bonds. The van der Waals surface area contributed by atoms with Crippen molar-refractivity contribution in [2.75, 3.05) is 6.54 Å². The van der Waals surface area contributed by atoms with Gasteiger partial charge in [0, 0.05) is 11.6 Å². The van der Waals surface area contributed by atoms with Crippen LogP contribution in [0.25, 0.3) is 0 Å². The maximum absolute atomic E-state index is 12.8. The van der Waals surface area contributed by atoms with Gasteiger partial charge in [0.25, 0.3) is 0 Å². The van der Waals surface area contributed by atoms with E-state index in [0.717, 1.165) is 0 Å². The number of benzene rings is 1. The van der Waals surface area contributed by atoms with Gasteiger partial charge in [-0.1, -0.05) is 0 Å². The number of rotatable bonds is 2. The highest BCUT2D eigenvalue weighted by Crippen LogP contribution is 2.18. The Kier molecular flexibility index (Phi) is 2.87. The minimum atomic E-state index is -1.66. The third-order valence-electron chi connectivity index (χ3n) is 1.60. The molecule has 1 rings (SSSR count). The molecular formula is C8H7F4N. The fourth-order valence-corrected chi connectivity index (χ4v) is 0.977. The zero-order valence-corrected chi connectivity index (χ0v) is 6.58. The minimum absolute atomic E-state index is 0.0289. The van der Waals surface area contributed by atoms with Gasteiger partial charge in [0.1, 0.15) is 5.82 Å². The van der Waals surface area contributed by atoms with Crippen molar-refractivity contribution in [1.82, 2.24) is 0 Å². The summed E-state index contributed by atoms with van der Waals surface area (Å²) < 4.78 is 50.5. The lowest BCUT2D eigenvalue weighted by molar-refractivity contribution is 0.425. The molecule has 72 valence electrons. The van der Waals surface area contributed by atoms with Crippen LogP contribution in [0.15, 0.2) is 6.07 Å². The molecule has 1 aromatic carbocycles. The van der Waals surface area contributed by atoms with Gasteiger partial charge in [-0.25, -0.2) is 17.6 Å². The zero-order chi connectivity index (χ0) is 10.0. The van der Waals surface area contributed by atoms with Crippen LogP contribution in [0.1, 0.15) is 5.56 Å². The lowest BCUT2D eigenvalue weighted by atomic mass is 10.1. The molecule has 5 heteroatoms. The van der Waals surface area contributed by atoms with Crippen molar-refractivity contribution in [2.45, 2.75) is 6.42 Å². The van der Waals surface area contributed by atoms with Crippen molar-refractivity contribution in [3.63, 3.8) is 0 Å². The van der Waals surface area contributed by atoms with Gasteiger partial charge in [0.2, 0.25) is 0 Å². The average molecular weight is 193 g/mol. The molecule has 13 heavy (non-hydrogen) atoms. The summed E-state index contributed by atoms with van der Waals surface area (Å²) in [6, 6.07) is 0.309. The van der Waals surface area contributed by atoms with Crippen LogP contribution in [0.5, 0.6) is 0 Å². The van der Waals surface area contributed by atoms with Crippen LogP contribution >= 0.6 is 0 Å². The molecule has 1 nitrogen and oxygen atoms in total. The van der Waals surface area contributed by atoms with Crippen molar-refractivity contribution in [3.8, 4) is 0 Å². The van der Waals surface area contributed by atoms with Gasteiger partial charge in [0.05, 0.1) is 0 Å². The van der Waals surface area contributed by atoms with Crippen LogP contribution < -0.4 is 5.73 Å². The smallest absolute Gasteiger partial charge is 0.194 e. The van der Waals surface area contributed by atoms with Gasteiger partial charge in [-0.05, 0) is 13.0 Å². The molecule has 0 saturated carbocycles. The fraction of sp³-hybridized carbons (Fsp3) is 0.250. The summed E-state index contributed by atoms with van der Waals surface area (Å²) in [6.45, 7) is -0.0289. The Morgan fingerprint density at radius 1 is 1.00 bits per heavy atom. The number of hydrogen-bond acceptors (Lipinski definition) is 1. The van der Waals surface area contributed by atoms with E-state index in [2.05, 4.69) is 0 Å². The maximum atomic E-state index is 12.8. The molecule has 0 aliphatic heterocycles. The zero-order valence-electron chi connectivity index (χ0n) is 6.58. The van der Waals surface area contributed by atoms with E-state index < -0.39 is 28.8 Å². The lowest BCUT2D eigenvalue weighted by Gasteiger charge is -2.04. The van der Waals surface area contributed by atoms with Crippen molar-refractivity contribution in [2.24, 2.45) is 5.73 Å². The second kappa shape index (κ2) is 3.74. The highest BCUT2D eigenvalue weighted by atomic mass is 19.2. The van der Waals surface area contributed by atoms with Gasteiger partial charge in [0.15, 0.2) is 17.5 Å². The first kappa shape index (κ1) is 9.98. The Bertz CT molecular complexity index is 324. The molecule has 0 aliphatic rings. The van der Waals surface area contributed by atoms with Crippen molar-refractivity contribution in [1.29, 1.82) is 0 Å². The fourth-order valence-electron chi connectivity index (χ4n) is 0.977. The van der Waals surface area contributed by atoms with E-state index in [-0.39, 0.29) is 13.0 Å². The Morgan fingerprint density at radius 2 is 1.62 bits per heavy atom. The van der Waals surface area contributed by atoms with Crippen LogP contribution in [-0.4, -0.2) is 6.54 Å². The first-order valence-electron chi connectivity index (χ1n) is 3.60. The summed E-state index contributed by atoms with van der Waals surface area (Å²) >= 11 is 0. The molecule has 2 N–H and O–H groups in total. The molecular weight excluding hydrogens is 186 g/mol. The number of hydrogen-bond donors (Lipinski definition) is 1. The summed E-state index contributed by atoms with van der Waals surface area (Å²) in [4.78, 5) is 0. The summed E-state index contributed by atoms with van der Waals surface area (Å²) in [7, 11) is 0. The van der Waals surface area contributed by atoms with Crippen LogP contribution in [0.4, 0.5) is 17.6 Å². The molecule has 0 radical (unpaired) electrons. The lowest BCUT2D eigenvalue weighted by Crippen LogP contribution is -2.09. The van der Waals surface area contributed by atoms with Gasteiger partial charge in [-0.15, -0.1) is 0 Å². The molecule has 0 aromatic heterocycles. The van der Waals surface area contributed by atoms with E-state index in [1.54, 1.807) is 0 Å². The van der Waals surface area contributed by atoms with Gasteiger partial charge in [-0.2, -0.15) is 0 Å². The van der Waals surface area contributed by atoms with E-state index >= 15 is 0 Å². The predicted octanol–water partition coefficient (Wildman–Crippen LogP) is 1.74. The molecule has 0 unspecified atom stereocenters. The second-order valence-corrected chi connectivity index (χ2v) is 2.49. The predicted molar refractivity (Wildman–Crippen MR) is 39.0 cm³/mol. The topological polar surface area (TPSA) is 26.0 Å². The van der Waals surface area contributed by atoms with Crippen LogP contribution in [0.3, 0.4) is 0 Å². The van der Waals surface area contributed by atoms with E-state index in [0.29, 0.717) is 6.07 Å². The van der Waals surface area contributed by atoms with E-state index in [1.807, 2.05) is 0 Å². The molecule has 1 aromatic rings.